The van der Waals surface area contributed by atoms with Crippen LogP contribution in [0.5, 0.6) is 0 Å². The van der Waals surface area contributed by atoms with Gasteiger partial charge in [-0.2, -0.15) is 0 Å². The van der Waals surface area contributed by atoms with E-state index in [1.54, 1.807) is 0 Å². The third-order valence-corrected chi connectivity index (χ3v) is 4.95. The van der Waals surface area contributed by atoms with Gasteiger partial charge in [-0.25, -0.2) is 17.5 Å². The van der Waals surface area contributed by atoms with Gasteiger partial charge >= 0.3 is 0 Å². The molecule has 1 aromatic rings. The first-order valence-corrected chi connectivity index (χ1v) is 7.83. The van der Waals surface area contributed by atoms with Gasteiger partial charge in [0.15, 0.2) is 0 Å². The Morgan fingerprint density at radius 2 is 2.17 bits per heavy atom. The van der Waals surface area contributed by atoms with Gasteiger partial charge in [-0.3, -0.25) is 0 Å². The fourth-order valence-corrected chi connectivity index (χ4v) is 3.87. The van der Waals surface area contributed by atoms with Gasteiger partial charge in [0.2, 0.25) is 10.0 Å². The molecule has 3 N–H and O–H groups in total. The highest BCUT2D eigenvalue weighted by Crippen LogP contribution is 2.32. The summed E-state index contributed by atoms with van der Waals surface area (Å²) in [5.41, 5.74) is 5.57. The van der Waals surface area contributed by atoms with Crippen LogP contribution in [0.25, 0.3) is 0 Å². The first-order valence-electron chi connectivity index (χ1n) is 5.55. The van der Waals surface area contributed by atoms with Gasteiger partial charge in [-0.1, -0.05) is 22.9 Å². The van der Waals surface area contributed by atoms with E-state index in [2.05, 4.69) is 20.7 Å². The quantitative estimate of drug-likeness (QED) is 0.879. The largest absolute Gasteiger partial charge is 0.326 e. The maximum absolute atomic E-state index is 14.0. The van der Waals surface area contributed by atoms with Crippen LogP contribution in [0.1, 0.15) is 18.9 Å². The SMILES string of the molecule is CC1CC1NS(=O)(=O)c1cc(Br)cc(CN)c1F. The summed E-state index contributed by atoms with van der Waals surface area (Å²) >= 11 is 3.16. The molecule has 1 aliphatic carbocycles. The molecule has 1 aliphatic rings. The summed E-state index contributed by atoms with van der Waals surface area (Å²) in [4.78, 5) is -0.351. The predicted molar refractivity (Wildman–Crippen MR) is 69.9 cm³/mol. The van der Waals surface area contributed by atoms with Crippen molar-refractivity contribution in [2.75, 3.05) is 0 Å². The lowest BCUT2D eigenvalue weighted by Crippen LogP contribution is -2.28. The molecule has 0 amide bonds. The lowest BCUT2D eigenvalue weighted by Gasteiger charge is -2.10. The van der Waals surface area contributed by atoms with Gasteiger partial charge in [0.1, 0.15) is 10.7 Å². The van der Waals surface area contributed by atoms with Crippen LogP contribution in [-0.4, -0.2) is 14.5 Å². The third kappa shape index (κ3) is 2.74. The molecule has 2 atom stereocenters. The maximum Gasteiger partial charge on any atom is 0.243 e. The molecule has 7 heteroatoms. The number of hydrogen-bond donors (Lipinski definition) is 2. The summed E-state index contributed by atoms with van der Waals surface area (Å²) in [6.07, 6.45) is 0.790. The Hall–Kier alpha value is -0.500. The van der Waals surface area contributed by atoms with Crippen LogP contribution in [0.3, 0.4) is 0 Å². The average molecular weight is 337 g/mol. The molecule has 100 valence electrons. The highest BCUT2D eigenvalue weighted by atomic mass is 79.9. The Labute approximate surface area is 114 Å². The van der Waals surface area contributed by atoms with Crippen LogP contribution in [0.4, 0.5) is 4.39 Å². The zero-order valence-corrected chi connectivity index (χ0v) is 12.2. The number of sulfonamides is 1. The topological polar surface area (TPSA) is 72.2 Å². The minimum atomic E-state index is -3.83. The minimum absolute atomic E-state index is 0.0480. The first kappa shape index (κ1) is 13.9. The molecular formula is C11H14BrFN2O2S. The van der Waals surface area contributed by atoms with E-state index in [4.69, 9.17) is 5.73 Å². The van der Waals surface area contributed by atoms with Gasteiger partial charge in [-0.05, 0) is 24.5 Å². The van der Waals surface area contributed by atoms with Crippen molar-refractivity contribution in [2.24, 2.45) is 11.7 Å². The Morgan fingerprint density at radius 1 is 1.56 bits per heavy atom. The van der Waals surface area contributed by atoms with Crippen molar-refractivity contribution in [1.82, 2.24) is 4.72 Å². The second kappa shape index (κ2) is 4.88. The smallest absolute Gasteiger partial charge is 0.243 e. The third-order valence-electron chi connectivity index (χ3n) is 3.00. The lowest BCUT2D eigenvalue weighted by molar-refractivity contribution is 0.547. The van der Waals surface area contributed by atoms with Crippen molar-refractivity contribution in [2.45, 2.75) is 30.8 Å². The Kier molecular flexibility index (Phi) is 3.77. The maximum atomic E-state index is 14.0. The zero-order chi connectivity index (χ0) is 13.5. The Bertz CT molecular complexity index is 577. The Morgan fingerprint density at radius 3 is 2.67 bits per heavy atom. The molecule has 0 aliphatic heterocycles. The molecule has 0 saturated heterocycles. The molecule has 0 heterocycles. The van der Waals surface area contributed by atoms with E-state index < -0.39 is 15.8 Å². The summed E-state index contributed by atoms with van der Waals surface area (Å²) < 4.78 is 41.1. The predicted octanol–water partition coefficient (Wildman–Crippen LogP) is 1.73. The number of hydrogen-bond acceptors (Lipinski definition) is 3. The molecule has 18 heavy (non-hydrogen) atoms. The molecular weight excluding hydrogens is 323 g/mol. The van der Waals surface area contributed by atoms with E-state index in [-0.39, 0.29) is 23.0 Å². The van der Waals surface area contributed by atoms with Gasteiger partial charge in [-0.15, -0.1) is 0 Å². The van der Waals surface area contributed by atoms with Crippen LogP contribution < -0.4 is 10.5 Å². The van der Waals surface area contributed by atoms with E-state index in [9.17, 15) is 12.8 Å². The van der Waals surface area contributed by atoms with Gasteiger partial charge in [0, 0.05) is 22.6 Å². The van der Waals surface area contributed by atoms with Crippen LogP contribution in [0.2, 0.25) is 0 Å². The number of nitrogens with one attached hydrogen (secondary N) is 1. The second-order valence-corrected chi connectivity index (χ2v) is 7.12. The van der Waals surface area contributed by atoms with Crippen LogP contribution in [0.15, 0.2) is 21.5 Å². The molecule has 0 aromatic heterocycles. The van der Waals surface area contributed by atoms with E-state index >= 15 is 0 Å². The summed E-state index contributed by atoms with van der Waals surface area (Å²) in [7, 11) is -3.83. The molecule has 1 saturated carbocycles. The summed E-state index contributed by atoms with van der Waals surface area (Å²) in [5, 5.41) is 0. The molecule has 2 unspecified atom stereocenters. The number of rotatable bonds is 4. The molecule has 0 spiro atoms. The van der Waals surface area contributed by atoms with Crippen LogP contribution >= 0.6 is 15.9 Å². The van der Waals surface area contributed by atoms with E-state index in [0.717, 1.165) is 6.42 Å². The first-order chi connectivity index (χ1) is 8.35. The van der Waals surface area contributed by atoms with Gasteiger partial charge in [0.25, 0.3) is 0 Å². The normalized spacial score (nSPS) is 23.1. The van der Waals surface area contributed by atoms with Gasteiger partial charge in [0.05, 0.1) is 0 Å². The summed E-state index contributed by atoms with van der Waals surface area (Å²) in [6, 6.07) is 2.65. The van der Waals surface area contributed by atoms with Crippen molar-refractivity contribution in [1.29, 1.82) is 0 Å². The zero-order valence-electron chi connectivity index (χ0n) is 9.78. The van der Waals surface area contributed by atoms with Crippen LogP contribution in [0, 0.1) is 11.7 Å². The highest BCUT2D eigenvalue weighted by molar-refractivity contribution is 9.10. The number of benzene rings is 1. The number of halogens is 2. The molecule has 2 rings (SSSR count). The van der Waals surface area contributed by atoms with Crippen molar-refractivity contribution >= 4 is 26.0 Å². The Balaban J connectivity index is 2.40. The fraction of sp³-hybridized carbons (Fsp3) is 0.455. The molecule has 4 nitrogen and oxygen atoms in total. The van der Waals surface area contributed by atoms with E-state index in [1.807, 2.05) is 6.92 Å². The minimum Gasteiger partial charge on any atom is -0.326 e. The second-order valence-electron chi connectivity index (χ2n) is 4.52. The lowest BCUT2D eigenvalue weighted by atomic mass is 10.2. The molecule has 0 bridgehead atoms. The monoisotopic (exact) mass is 336 g/mol. The van der Waals surface area contributed by atoms with Crippen molar-refractivity contribution in [3.8, 4) is 0 Å². The highest BCUT2D eigenvalue weighted by Gasteiger charge is 2.37. The fourth-order valence-electron chi connectivity index (χ4n) is 1.71. The van der Waals surface area contributed by atoms with E-state index in [1.165, 1.54) is 12.1 Å². The van der Waals surface area contributed by atoms with E-state index in [0.29, 0.717) is 10.4 Å². The van der Waals surface area contributed by atoms with Crippen molar-refractivity contribution in [3.05, 3.63) is 28.0 Å². The van der Waals surface area contributed by atoms with Crippen LogP contribution in [-0.2, 0) is 16.6 Å². The standard InChI is InChI=1S/C11H14BrFN2O2S/c1-6-2-9(6)15-18(16,17)10-4-8(12)3-7(5-14)11(10)13/h3-4,6,9,15H,2,5,14H2,1H3. The summed E-state index contributed by atoms with van der Waals surface area (Å²) in [5.74, 6) is -0.467. The summed E-state index contributed by atoms with van der Waals surface area (Å²) in [6.45, 7) is 1.89. The van der Waals surface area contributed by atoms with Crippen molar-refractivity contribution < 1.29 is 12.8 Å². The van der Waals surface area contributed by atoms with Crippen molar-refractivity contribution in [3.63, 3.8) is 0 Å². The molecule has 1 fully saturated rings. The molecule has 0 radical (unpaired) electrons. The molecule has 1 aromatic carbocycles. The number of nitrogens with two attached hydrogens (primary N) is 1. The van der Waals surface area contributed by atoms with Gasteiger partial charge < -0.3 is 5.73 Å². The average Bonchev–Trinajstić information content (AvgIpc) is 2.95.